The van der Waals surface area contributed by atoms with Crippen molar-refractivity contribution in [1.82, 2.24) is 0 Å². The van der Waals surface area contributed by atoms with Crippen LogP contribution in [-0.4, -0.2) is 24.2 Å². The average molecular weight is 271 g/mol. The number of hydrogen-bond acceptors (Lipinski definition) is 3. The van der Waals surface area contributed by atoms with Gasteiger partial charge in [-0.2, -0.15) is 0 Å². The van der Waals surface area contributed by atoms with Crippen LogP contribution in [0.4, 0.5) is 5.69 Å². The van der Waals surface area contributed by atoms with E-state index in [1.54, 1.807) is 18.2 Å². The third-order valence-electron chi connectivity index (χ3n) is 2.72. The average Bonchev–Trinajstić information content (AvgIpc) is 2.49. The van der Waals surface area contributed by atoms with E-state index in [0.29, 0.717) is 24.3 Å². The molecular formula is C16H17NO3. The van der Waals surface area contributed by atoms with Gasteiger partial charge in [-0.05, 0) is 24.3 Å². The number of aliphatic hydroxyl groups excluding tert-OH is 1. The van der Waals surface area contributed by atoms with E-state index >= 15 is 0 Å². The molecule has 0 spiro atoms. The summed E-state index contributed by atoms with van der Waals surface area (Å²) in [6, 6.07) is 16.3. The number of amides is 1. The monoisotopic (exact) mass is 271 g/mol. The number of benzene rings is 2. The summed E-state index contributed by atoms with van der Waals surface area (Å²) in [5.74, 6) is 0.310. The zero-order valence-corrected chi connectivity index (χ0v) is 11.1. The highest BCUT2D eigenvalue weighted by atomic mass is 16.5. The first-order valence-electron chi connectivity index (χ1n) is 6.50. The highest BCUT2D eigenvalue weighted by Gasteiger charge is 2.11. The van der Waals surface area contributed by atoms with Crippen molar-refractivity contribution < 1.29 is 14.6 Å². The van der Waals surface area contributed by atoms with Crippen molar-refractivity contribution in [2.45, 2.75) is 6.42 Å². The maximum absolute atomic E-state index is 12.2. The lowest BCUT2D eigenvalue weighted by molar-refractivity contribution is 0.102. The molecule has 20 heavy (non-hydrogen) atoms. The summed E-state index contributed by atoms with van der Waals surface area (Å²) in [5, 5.41) is 11.6. The van der Waals surface area contributed by atoms with Crippen LogP contribution in [0.5, 0.6) is 5.75 Å². The molecule has 0 atom stereocenters. The summed E-state index contributed by atoms with van der Waals surface area (Å²) in [7, 11) is 0. The van der Waals surface area contributed by atoms with Gasteiger partial charge in [0.2, 0.25) is 0 Å². The molecule has 104 valence electrons. The molecular weight excluding hydrogens is 254 g/mol. The summed E-state index contributed by atoms with van der Waals surface area (Å²) in [6.07, 6.45) is 0.536. The van der Waals surface area contributed by atoms with Crippen molar-refractivity contribution in [1.29, 1.82) is 0 Å². The number of hydrogen-bond donors (Lipinski definition) is 2. The van der Waals surface area contributed by atoms with Gasteiger partial charge < -0.3 is 15.2 Å². The molecule has 0 radical (unpaired) electrons. The van der Waals surface area contributed by atoms with Crippen molar-refractivity contribution in [3.8, 4) is 5.75 Å². The van der Waals surface area contributed by atoms with E-state index in [-0.39, 0.29) is 12.5 Å². The van der Waals surface area contributed by atoms with Gasteiger partial charge in [0, 0.05) is 18.7 Å². The Balaban J connectivity index is 2.09. The smallest absolute Gasteiger partial charge is 0.259 e. The Morgan fingerprint density at radius 2 is 1.75 bits per heavy atom. The fraction of sp³-hybridized carbons (Fsp3) is 0.188. The van der Waals surface area contributed by atoms with Crippen LogP contribution in [0.2, 0.25) is 0 Å². The van der Waals surface area contributed by atoms with E-state index in [4.69, 9.17) is 9.84 Å². The molecule has 1 amide bonds. The summed E-state index contributed by atoms with van der Waals surface area (Å²) >= 11 is 0. The number of aliphatic hydroxyl groups is 1. The Hall–Kier alpha value is -2.33. The lowest BCUT2D eigenvalue weighted by Gasteiger charge is -2.11. The number of para-hydroxylation sites is 2. The Kier molecular flexibility index (Phi) is 5.15. The first kappa shape index (κ1) is 14.1. The lowest BCUT2D eigenvalue weighted by atomic mass is 10.2. The summed E-state index contributed by atoms with van der Waals surface area (Å²) in [6.45, 7) is 0.449. The van der Waals surface area contributed by atoms with Crippen molar-refractivity contribution in [2.75, 3.05) is 18.5 Å². The topological polar surface area (TPSA) is 58.6 Å². The Bertz CT molecular complexity index is 555. The summed E-state index contributed by atoms with van der Waals surface area (Å²) in [4.78, 5) is 12.2. The predicted octanol–water partition coefficient (Wildman–Crippen LogP) is 2.70. The number of nitrogens with one attached hydrogen (secondary N) is 1. The molecule has 2 aromatic carbocycles. The first-order chi connectivity index (χ1) is 9.81. The first-order valence-corrected chi connectivity index (χ1v) is 6.50. The molecule has 0 aliphatic heterocycles. The van der Waals surface area contributed by atoms with Crippen LogP contribution in [-0.2, 0) is 0 Å². The quantitative estimate of drug-likeness (QED) is 0.794. The van der Waals surface area contributed by atoms with Crippen LogP contribution in [0.3, 0.4) is 0 Å². The van der Waals surface area contributed by atoms with Crippen LogP contribution >= 0.6 is 0 Å². The molecule has 0 unspecified atom stereocenters. The molecule has 0 fully saturated rings. The van der Waals surface area contributed by atoms with Crippen LogP contribution in [0.15, 0.2) is 54.6 Å². The molecule has 0 saturated heterocycles. The SMILES string of the molecule is O=C(Nc1ccccc1)c1ccccc1OCCCO. The second kappa shape index (κ2) is 7.31. The number of carbonyl (C=O) groups excluding carboxylic acids is 1. The largest absolute Gasteiger partial charge is 0.493 e. The number of rotatable bonds is 6. The number of anilines is 1. The van der Waals surface area contributed by atoms with Gasteiger partial charge in [0.05, 0.1) is 12.2 Å². The Morgan fingerprint density at radius 1 is 1.05 bits per heavy atom. The molecule has 4 nitrogen and oxygen atoms in total. The number of carbonyl (C=O) groups is 1. The zero-order valence-electron chi connectivity index (χ0n) is 11.1. The molecule has 2 N–H and O–H groups in total. The van der Waals surface area contributed by atoms with E-state index in [1.165, 1.54) is 0 Å². The van der Waals surface area contributed by atoms with Crippen LogP contribution in [0, 0.1) is 0 Å². The molecule has 0 aromatic heterocycles. The van der Waals surface area contributed by atoms with Gasteiger partial charge in [0.1, 0.15) is 5.75 Å². The van der Waals surface area contributed by atoms with Gasteiger partial charge in [0.15, 0.2) is 0 Å². The molecule has 2 aromatic rings. The van der Waals surface area contributed by atoms with E-state index in [2.05, 4.69) is 5.32 Å². The molecule has 2 rings (SSSR count). The summed E-state index contributed by atoms with van der Waals surface area (Å²) < 4.78 is 5.52. The fourth-order valence-electron chi connectivity index (χ4n) is 1.75. The molecule has 0 bridgehead atoms. The Morgan fingerprint density at radius 3 is 2.50 bits per heavy atom. The number of ether oxygens (including phenoxy) is 1. The van der Waals surface area contributed by atoms with Gasteiger partial charge >= 0.3 is 0 Å². The molecule has 0 heterocycles. The summed E-state index contributed by atoms with van der Waals surface area (Å²) in [5.41, 5.74) is 1.22. The Labute approximate surface area is 118 Å². The molecule has 4 heteroatoms. The van der Waals surface area contributed by atoms with Crippen LogP contribution < -0.4 is 10.1 Å². The minimum absolute atomic E-state index is 0.0678. The fourth-order valence-corrected chi connectivity index (χ4v) is 1.75. The van der Waals surface area contributed by atoms with Crippen molar-refractivity contribution in [3.63, 3.8) is 0 Å². The minimum atomic E-state index is -0.212. The highest BCUT2D eigenvalue weighted by Crippen LogP contribution is 2.19. The normalized spacial score (nSPS) is 10.1. The predicted molar refractivity (Wildman–Crippen MR) is 78.0 cm³/mol. The lowest BCUT2D eigenvalue weighted by Crippen LogP contribution is -2.14. The maximum Gasteiger partial charge on any atom is 0.259 e. The third-order valence-corrected chi connectivity index (χ3v) is 2.72. The van der Waals surface area contributed by atoms with Crippen LogP contribution in [0.25, 0.3) is 0 Å². The maximum atomic E-state index is 12.2. The standard InChI is InChI=1S/C16H17NO3/c18-11-6-12-20-15-10-5-4-9-14(15)16(19)17-13-7-2-1-3-8-13/h1-5,7-10,18H,6,11-12H2,(H,17,19). The van der Waals surface area contributed by atoms with Crippen molar-refractivity contribution in [2.24, 2.45) is 0 Å². The van der Waals surface area contributed by atoms with Crippen LogP contribution in [0.1, 0.15) is 16.8 Å². The minimum Gasteiger partial charge on any atom is -0.493 e. The van der Waals surface area contributed by atoms with Gasteiger partial charge in [0.25, 0.3) is 5.91 Å². The second-order valence-corrected chi connectivity index (χ2v) is 4.24. The van der Waals surface area contributed by atoms with Gasteiger partial charge in [-0.25, -0.2) is 0 Å². The molecule has 0 aliphatic rings. The molecule has 0 aliphatic carbocycles. The highest BCUT2D eigenvalue weighted by molar-refractivity contribution is 6.06. The van der Waals surface area contributed by atoms with E-state index in [0.717, 1.165) is 5.69 Å². The van der Waals surface area contributed by atoms with Gasteiger partial charge in [-0.15, -0.1) is 0 Å². The van der Waals surface area contributed by atoms with Gasteiger partial charge in [-0.1, -0.05) is 30.3 Å². The zero-order chi connectivity index (χ0) is 14.2. The molecule has 0 saturated carbocycles. The van der Waals surface area contributed by atoms with E-state index < -0.39 is 0 Å². The van der Waals surface area contributed by atoms with Gasteiger partial charge in [-0.3, -0.25) is 4.79 Å². The van der Waals surface area contributed by atoms with Crippen molar-refractivity contribution >= 4 is 11.6 Å². The third kappa shape index (κ3) is 3.83. The van der Waals surface area contributed by atoms with E-state index in [9.17, 15) is 4.79 Å². The second-order valence-electron chi connectivity index (χ2n) is 4.24. The van der Waals surface area contributed by atoms with E-state index in [1.807, 2.05) is 36.4 Å². The van der Waals surface area contributed by atoms with Crippen molar-refractivity contribution in [3.05, 3.63) is 60.2 Å².